The molecule has 0 aliphatic heterocycles. The molecule has 2 amide bonds. The quantitative estimate of drug-likeness (QED) is 0.199. The van der Waals surface area contributed by atoms with Crippen molar-refractivity contribution >= 4 is 23.2 Å². The molecule has 3 aromatic carbocycles. The number of aliphatic hydroxyl groups excluding tert-OH is 1. The maximum atomic E-state index is 13.4. The molecule has 0 saturated heterocycles. The molecule has 0 bridgehead atoms. The van der Waals surface area contributed by atoms with E-state index >= 15 is 0 Å². The van der Waals surface area contributed by atoms with Crippen LogP contribution >= 0.6 is 11.3 Å². The number of benzene rings is 3. The molecule has 4 aromatic rings. The Bertz CT molecular complexity index is 1460. The fraction of sp³-hybridized carbons (Fsp3) is 0.303. The number of carbonyl (C=O) groups excluding carboxylic acids is 2. The predicted octanol–water partition coefficient (Wildman–Crippen LogP) is 4.61. The highest BCUT2D eigenvalue weighted by Crippen LogP contribution is 2.16. The Morgan fingerprint density at radius 1 is 1.00 bits per heavy atom. The normalized spacial score (nSPS) is 12.4. The summed E-state index contributed by atoms with van der Waals surface area (Å²) in [6, 6.07) is 23.7. The van der Waals surface area contributed by atoms with Gasteiger partial charge in [-0.25, -0.2) is 4.98 Å². The molecule has 0 radical (unpaired) electrons. The summed E-state index contributed by atoms with van der Waals surface area (Å²) in [5.74, 6) is 0.250. The largest absolute Gasteiger partial charge is 0.494 e. The van der Waals surface area contributed by atoms with E-state index in [2.05, 4.69) is 15.6 Å². The summed E-state index contributed by atoms with van der Waals surface area (Å²) >= 11 is 1.51. The molecule has 1 heterocycles. The fourth-order valence-electron chi connectivity index (χ4n) is 4.59. The molecule has 220 valence electrons. The van der Waals surface area contributed by atoms with Crippen molar-refractivity contribution in [3.63, 3.8) is 0 Å². The van der Waals surface area contributed by atoms with Crippen LogP contribution in [-0.2, 0) is 19.5 Å². The van der Waals surface area contributed by atoms with Crippen molar-refractivity contribution in [2.45, 2.75) is 45.5 Å². The molecule has 1 aromatic heterocycles. The lowest BCUT2D eigenvalue weighted by molar-refractivity contribution is 0.0784. The van der Waals surface area contributed by atoms with Crippen LogP contribution in [0.15, 0.2) is 84.2 Å². The van der Waals surface area contributed by atoms with Gasteiger partial charge >= 0.3 is 0 Å². The molecule has 3 N–H and O–H groups in total. The topological polar surface area (TPSA) is 104 Å². The molecule has 0 spiro atoms. The number of aliphatic hydroxyl groups is 1. The Labute approximate surface area is 251 Å². The van der Waals surface area contributed by atoms with E-state index in [1.807, 2.05) is 73.8 Å². The summed E-state index contributed by atoms with van der Waals surface area (Å²) in [5, 5.41) is 20.3. The van der Waals surface area contributed by atoms with E-state index in [0.29, 0.717) is 37.2 Å². The van der Waals surface area contributed by atoms with Gasteiger partial charge in [-0.1, -0.05) is 48.5 Å². The van der Waals surface area contributed by atoms with E-state index in [0.717, 1.165) is 27.6 Å². The SMILES string of the molecule is CCOc1cccc(CNC[C@@H](O)[C@H](Cc2ccccc2)NC(=O)c2cccc(C(=O)N(C)Cc3nc(C)cs3)c2)c1. The Morgan fingerprint density at radius 2 is 1.74 bits per heavy atom. The molecule has 0 fully saturated rings. The highest BCUT2D eigenvalue weighted by atomic mass is 32.1. The van der Waals surface area contributed by atoms with Crippen LogP contribution in [0.2, 0.25) is 0 Å². The first kappa shape index (κ1) is 30.9. The number of thiazole rings is 1. The van der Waals surface area contributed by atoms with Crippen LogP contribution in [0.4, 0.5) is 0 Å². The summed E-state index contributed by atoms with van der Waals surface area (Å²) in [6.45, 7) is 5.67. The number of hydrogen-bond donors (Lipinski definition) is 3. The van der Waals surface area contributed by atoms with Gasteiger partial charge in [0.25, 0.3) is 11.8 Å². The van der Waals surface area contributed by atoms with Gasteiger partial charge in [-0.3, -0.25) is 9.59 Å². The summed E-state index contributed by atoms with van der Waals surface area (Å²) in [5.41, 5.74) is 3.72. The zero-order chi connectivity index (χ0) is 29.9. The summed E-state index contributed by atoms with van der Waals surface area (Å²) < 4.78 is 5.58. The van der Waals surface area contributed by atoms with Crippen LogP contribution in [-0.4, -0.2) is 59.1 Å². The molecule has 8 nitrogen and oxygen atoms in total. The Balaban J connectivity index is 1.41. The number of rotatable bonds is 14. The minimum Gasteiger partial charge on any atom is -0.494 e. The third-order valence-corrected chi connectivity index (χ3v) is 7.68. The second-order valence-electron chi connectivity index (χ2n) is 10.2. The molecular formula is C33H38N4O4S. The van der Waals surface area contributed by atoms with Crippen molar-refractivity contribution in [1.82, 2.24) is 20.5 Å². The highest BCUT2D eigenvalue weighted by molar-refractivity contribution is 7.09. The van der Waals surface area contributed by atoms with E-state index < -0.39 is 12.1 Å². The molecule has 4 rings (SSSR count). The van der Waals surface area contributed by atoms with Crippen LogP contribution in [0.3, 0.4) is 0 Å². The van der Waals surface area contributed by atoms with Crippen LogP contribution in [0.25, 0.3) is 0 Å². The number of ether oxygens (including phenoxy) is 1. The van der Waals surface area contributed by atoms with Gasteiger partial charge in [0, 0.05) is 42.3 Å². The second kappa shape index (κ2) is 15.3. The van der Waals surface area contributed by atoms with Crippen molar-refractivity contribution < 1.29 is 19.4 Å². The molecule has 0 unspecified atom stereocenters. The highest BCUT2D eigenvalue weighted by Gasteiger charge is 2.23. The van der Waals surface area contributed by atoms with Crippen LogP contribution in [0.1, 0.15) is 49.5 Å². The average molecular weight is 587 g/mol. The molecule has 2 atom stereocenters. The van der Waals surface area contributed by atoms with Crippen molar-refractivity contribution in [3.8, 4) is 5.75 Å². The van der Waals surface area contributed by atoms with Gasteiger partial charge in [-0.15, -0.1) is 11.3 Å². The summed E-state index contributed by atoms with van der Waals surface area (Å²) in [6.07, 6.45) is -0.411. The van der Waals surface area contributed by atoms with Gasteiger partial charge in [0.15, 0.2) is 0 Å². The van der Waals surface area contributed by atoms with Crippen LogP contribution in [0, 0.1) is 6.92 Å². The van der Waals surface area contributed by atoms with Crippen molar-refractivity contribution in [3.05, 3.63) is 117 Å². The molecule has 0 aliphatic rings. The van der Waals surface area contributed by atoms with Crippen LogP contribution in [0.5, 0.6) is 5.75 Å². The van der Waals surface area contributed by atoms with Gasteiger partial charge in [-0.2, -0.15) is 0 Å². The molecule has 0 saturated carbocycles. The minimum absolute atomic E-state index is 0.198. The van der Waals surface area contributed by atoms with E-state index in [1.54, 1.807) is 36.2 Å². The lowest BCUT2D eigenvalue weighted by atomic mass is 10.00. The van der Waals surface area contributed by atoms with Crippen molar-refractivity contribution in [1.29, 1.82) is 0 Å². The Morgan fingerprint density at radius 3 is 2.48 bits per heavy atom. The smallest absolute Gasteiger partial charge is 0.253 e. The van der Waals surface area contributed by atoms with Crippen molar-refractivity contribution in [2.24, 2.45) is 0 Å². The number of aryl methyl sites for hydroxylation is 1. The second-order valence-corrected chi connectivity index (χ2v) is 11.1. The van der Waals surface area contributed by atoms with Gasteiger partial charge in [-0.05, 0) is 61.7 Å². The number of aromatic nitrogens is 1. The zero-order valence-corrected chi connectivity index (χ0v) is 25.1. The number of nitrogens with one attached hydrogen (secondary N) is 2. The molecular weight excluding hydrogens is 548 g/mol. The Hall–Kier alpha value is -4.05. The van der Waals surface area contributed by atoms with Crippen molar-refractivity contribution in [2.75, 3.05) is 20.2 Å². The fourth-order valence-corrected chi connectivity index (χ4v) is 5.41. The monoisotopic (exact) mass is 586 g/mol. The minimum atomic E-state index is -0.859. The zero-order valence-electron chi connectivity index (χ0n) is 24.2. The van der Waals surface area contributed by atoms with Gasteiger partial charge in [0.05, 0.1) is 25.3 Å². The van der Waals surface area contributed by atoms with Gasteiger partial charge < -0.3 is 25.4 Å². The third-order valence-electron chi connectivity index (χ3n) is 6.73. The maximum Gasteiger partial charge on any atom is 0.253 e. The van der Waals surface area contributed by atoms with E-state index in [4.69, 9.17) is 4.74 Å². The first-order chi connectivity index (χ1) is 20.3. The number of nitrogens with zero attached hydrogens (tertiary/aromatic N) is 2. The standard InChI is InChI=1S/C33H38N4O4S/c1-4-41-28-15-8-12-25(16-28)19-34-20-30(38)29(17-24-10-6-5-7-11-24)36-32(39)26-13-9-14-27(18-26)33(40)37(3)21-31-35-23(2)22-42-31/h5-16,18,22,29-30,34,38H,4,17,19-21H2,1-3H3,(H,36,39)/t29-,30+/m0/s1. The predicted molar refractivity (Wildman–Crippen MR) is 166 cm³/mol. The first-order valence-electron chi connectivity index (χ1n) is 14.0. The number of carbonyl (C=O) groups is 2. The number of amides is 2. The van der Waals surface area contributed by atoms with Crippen LogP contribution < -0.4 is 15.4 Å². The average Bonchev–Trinajstić information content (AvgIpc) is 3.41. The van der Waals surface area contributed by atoms with E-state index in [9.17, 15) is 14.7 Å². The van der Waals surface area contributed by atoms with Gasteiger partial charge in [0.2, 0.25) is 0 Å². The summed E-state index contributed by atoms with van der Waals surface area (Å²) in [4.78, 5) is 32.5. The van der Waals surface area contributed by atoms with Gasteiger partial charge in [0.1, 0.15) is 10.8 Å². The molecule has 9 heteroatoms. The lowest BCUT2D eigenvalue weighted by Gasteiger charge is -2.25. The van der Waals surface area contributed by atoms with E-state index in [-0.39, 0.29) is 18.4 Å². The lowest BCUT2D eigenvalue weighted by Crippen LogP contribution is -2.48. The Kier molecular flexibility index (Phi) is 11.2. The van der Waals surface area contributed by atoms with E-state index in [1.165, 1.54) is 11.3 Å². The molecule has 42 heavy (non-hydrogen) atoms. The maximum absolute atomic E-state index is 13.4. The number of hydrogen-bond acceptors (Lipinski definition) is 7. The summed E-state index contributed by atoms with van der Waals surface area (Å²) in [7, 11) is 1.72. The first-order valence-corrected chi connectivity index (χ1v) is 14.9. The third kappa shape index (κ3) is 8.97. The molecule has 0 aliphatic carbocycles.